The van der Waals surface area contributed by atoms with Crippen molar-refractivity contribution in [2.45, 2.75) is 24.9 Å². The third-order valence-electron chi connectivity index (χ3n) is 2.38. The van der Waals surface area contributed by atoms with Crippen LogP contribution in [0.2, 0.25) is 0 Å². The fourth-order valence-corrected chi connectivity index (χ4v) is 2.68. The van der Waals surface area contributed by atoms with Crippen LogP contribution in [0.15, 0.2) is 30.3 Å². The van der Waals surface area contributed by atoms with Gasteiger partial charge in [-0.2, -0.15) is 0 Å². The first-order valence-electron chi connectivity index (χ1n) is 5.76. The Kier molecular flexibility index (Phi) is 5.71. The van der Waals surface area contributed by atoms with E-state index in [-0.39, 0.29) is 17.1 Å². The topological polar surface area (TPSA) is 72.2 Å². The van der Waals surface area contributed by atoms with Gasteiger partial charge in [0.15, 0.2) is 0 Å². The first-order chi connectivity index (χ1) is 8.50. The summed E-state index contributed by atoms with van der Waals surface area (Å²) in [5.74, 6) is 0.548. The Morgan fingerprint density at radius 2 is 1.89 bits per heavy atom. The normalized spacial score (nSPS) is 12.2. The molecule has 0 heterocycles. The quantitative estimate of drug-likeness (QED) is 0.857. The van der Waals surface area contributed by atoms with Gasteiger partial charge in [0.1, 0.15) is 0 Å². The summed E-state index contributed by atoms with van der Waals surface area (Å²) < 4.78 is 0. The molecule has 0 spiro atoms. The van der Waals surface area contributed by atoms with E-state index >= 15 is 0 Å². The van der Waals surface area contributed by atoms with Gasteiger partial charge in [0.2, 0.25) is 5.91 Å². The highest BCUT2D eigenvalue weighted by Crippen LogP contribution is 2.23. The van der Waals surface area contributed by atoms with E-state index in [4.69, 9.17) is 5.73 Å². The molecule has 1 rings (SSSR count). The minimum absolute atomic E-state index is 0.137. The van der Waals surface area contributed by atoms with Crippen LogP contribution in [-0.4, -0.2) is 17.2 Å². The molecule has 0 aliphatic carbocycles. The molecule has 0 fully saturated rings. The van der Waals surface area contributed by atoms with Crippen molar-refractivity contribution in [2.24, 2.45) is 11.7 Å². The van der Waals surface area contributed by atoms with Crippen molar-refractivity contribution in [3.63, 3.8) is 0 Å². The summed E-state index contributed by atoms with van der Waals surface area (Å²) in [5.41, 5.74) is 6.11. The highest BCUT2D eigenvalue weighted by molar-refractivity contribution is 7.99. The van der Waals surface area contributed by atoms with Crippen molar-refractivity contribution >= 4 is 23.7 Å². The van der Waals surface area contributed by atoms with Gasteiger partial charge >= 0.3 is 6.03 Å². The van der Waals surface area contributed by atoms with Crippen LogP contribution in [0.5, 0.6) is 0 Å². The number of amides is 3. The van der Waals surface area contributed by atoms with Gasteiger partial charge < -0.3 is 5.73 Å². The summed E-state index contributed by atoms with van der Waals surface area (Å²) in [4.78, 5) is 22.5. The zero-order valence-electron chi connectivity index (χ0n) is 10.6. The molecule has 98 valence electrons. The standard InChI is InChI=1S/C13H18N2O2S/c1-9(2)11(12(16)15-13(14)17)18-8-10-6-4-3-5-7-10/h3-7,9,11H,8H2,1-2H3,(H3,14,15,16,17)/t11-/m1/s1. The van der Waals surface area contributed by atoms with Gasteiger partial charge in [-0.1, -0.05) is 44.2 Å². The maximum Gasteiger partial charge on any atom is 0.318 e. The summed E-state index contributed by atoms with van der Waals surface area (Å²) in [6, 6.07) is 9.10. The monoisotopic (exact) mass is 266 g/mol. The van der Waals surface area contributed by atoms with Crippen molar-refractivity contribution in [1.82, 2.24) is 5.32 Å². The molecular weight excluding hydrogens is 248 g/mol. The van der Waals surface area contributed by atoms with Gasteiger partial charge in [-0.15, -0.1) is 11.8 Å². The molecule has 0 saturated heterocycles. The van der Waals surface area contributed by atoms with E-state index < -0.39 is 6.03 Å². The molecular formula is C13H18N2O2S. The van der Waals surface area contributed by atoms with Crippen molar-refractivity contribution in [3.8, 4) is 0 Å². The molecule has 18 heavy (non-hydrogen) atoms. The van der Waals surface area contributed by atoms with Crippen LogP contribution < -0.4 is 11.1 Å². The summed E-state index contributed by atoms with van der Waals surface area (Å²) >= 11 is 1.51. The van der Waals surface area contributed by atoms with Crippen molar-refractivity contribution in [3.05, 3.63) is 35.9 Å². The number of thioether (sulfide) groups is 1. The second-order valence-corrected chi connectivity index (χ2v) is 5.44. The number of nitrogens with one attached hydrogen (secondary N) is 1. The van der Waals surface area contributed by atoms with Crippen LogP contribution in [0, 0.1) is 5.92 Å². The van der Waals surface area contributed by atoms with Gasteiger partial charge in [-0.25, -0.2) is 4.79 Å². The van der Waals surface area contributed by atoms with E-state index in [2.05, 4.69) is 5.32 Å². The molecule has 0 aliphatic rings. The number of nitrogens with two attached hydrogens (primary N) is 1. The lowest BCUT2D eigenvalue weighted by Gasteiger charge is -2.18. The summed E-state index contributed by atoms with van der Waals surface area (Å²) in [5, 5.41) is 1.86. The second-order valence-electron chi connectivity index (χ2n) is 4.31. The van der Waals surface area contributed by atoms with Crippen molar-refractivity contribution in [1.29, 1.82) is 0 Å². The predicted molar refractivity (Wildman–Crippen MR) is 74.1 cm³/mol. The molecule has 0 bridgehead atoms. The highest BCUT2D eigenvalue weighted by atomic mass is 32.2. The Morgan fingerprint density at radius 3 is 2.39 bits per heavy atom. The maximum atomic E-state index is 11.8. The molecule has 4 nitrogen and oxygen atoms in total. The molecule has 0 aliphatic heterocycles. The minimum atomic E-state index is -0.800. The van der Waals surface area contributed by atoms with Crippen LogP contribution in [0.1, 0.15) is 19.4 Å². The van der Waals surface area contributed by atoms with Gasteiger partial charge in [-0.05, 0) is 11.5 Å². The number of imide groups is 1. The Morgan fingerprint density at radius 1 is 1.28 bits per heavy atom. The molecule has 0 aromatic heterocycles. The number of primary amides is 1. The van der Waals surface area contributed by atoms with E-state index in [0.29, 0.717) is 0 Å². The molecule has 1 atom stereocenters. The number of hydrogen-bond acceptors (Lipinski definition) is 3. The lowest BCUT2D eigenvalue weighted by atomic mass is 10.1. The Balaban J connectivity index is 2.58. The second kappa shape index (κ2) is 7.06. The number of carbonyl (C=O) groups excluding carboxylic acids is 2. The van der Waals surface area contributed by atoms with E-state index in [0.717, 1.165) is 11.3 Å². The van der Waals surface area contributed by atoms with Crippen LogP contribution >= 0.6 is 11.8 Å². The summed E-state index contributed by atoms with van der Waals surface area (Å²) in [7, 11) is 0. The zero-order chi connectivity index (χ0) is 13.5. The highest BCUT2D eigenvalue weighted by Gasteiger charge is 2.23. The fraction of sp³-hybridized carbons (Fsp3) is 0.385. The third-order valence-corrected chi connectivity index (χ3v) is 4.00. The number of benzene rings is 1. The predicted octanol–water partition coefficient (Wildman–Crippen LogP) is 2.14. The van der Waals surface area contributed by atoms with Crippen LogP contribution in [0.3, 0.4) is 0 Å². The van der Waals surface area contributed by atoms with E-state index in [1.807, 2.05) is 44.2 Å². The van der Waals surface area contributed by atoms with Crippen molar-refractivity contribution in [2.75, 3.05) is 0 Å². The van der Waals surface area contributed by atoms with E-state index in [9.17, 15) is 9.59 Å². The molecule has 3 N–H and O–H groups in total. The van der Waals surface area contributed by atoms with Gasteiger partial charge in [0.25, 0.3) is 0 Å². The largest absolute Gasteiger partial charge is 0.351 e. The van der Waals surface area contributed by atoms with Crippen molar-refractivity contribution < 1.29 is 9.59 Å². The van der Waals surface area contributed by atoms with Gasteiger partial charge in [0.05, 0.1) is 5.25 Å². The molecule has 1 aromatic carbocycles. The Hall–Kier alpha value is -1.49. The average molecular weight is 266 g/mol. The number of hydrogen-bond donors (Lipinski definition) is 2. The van der Waals surface area contributed by atoms with Crippen LogP contribution in [-0.2, 0) is 10.5 Å². The number of carbonyl (C=O) groups is 2. The number of urea groups is 1. The molecule has 5 heteroatoms. The van der Waals surface area contributed by atoms with E-state index in [1.165, 1.54) is 11.8 Å². The Labute approximate surface area is 111 Å². The molecule has 0 radical (unpaired) electrons. The van der Waals surface area contributed by atoms with Gasteiger partial charge in [-0.3, -0.25) is 10.1 Å². The lowest BCUT2D eigenvalue weighted by molar-refractivity contribution is -0.120. The number of rotatable bonds is 5. The van der Waals surface area contributed by atoms with Crippen LogP contribution in [0.4, 0.5) is 4.79 Å². The fourth-order valence-electron chi connectivity index (χ4n) is 1.52. The third kappa shape index (κ3) is 4.79. The zero-order valence-corrected chi connectivity index (χ0v) is 11.4. The maximum absolute atomic E-state index is 11.8. The first kappa shape index (κ1) is 14.6. The van der Waals surface area contributed by atoms with Crippen LogP contribution in [0.25, 0.3) is 0 Å². The SMILES string of the molecule is CC(C)[C@@H](SCc1ccccc1)C(=O)NC(N)=O. The first-order valence-corrected chi connectivity index (χ1v) is 6.81. The summed E-state index contributed by atoms with van der Waals surface area (Å²) in [6.07, 6.45) is 0. The molecule has 0 saturated carbocycles. The molecule has 1 aromatic rings. The smallest absolute Gasteiger partial charge is 0.318 e. The summed E-state index contributed by atoms with van der Waals surface area (Å²) in [6.45, 7) is 3.90. The van der Waals surface area contributed by atoms with Gasteiger partial charge in [0, 0.05) is 5.75 Å². The average Bonchev–Trinajstić information content (AvgIpc) is 2.29. The van der Waals surface area contributed by atoms with E-state index in [1.54, 1.807) is 0 Å². The molecule has 3 amide bonds. The minimum Gasteiger partial charge on any atom is -0.351 e. The Bertz CT molecular complexity index is 407. The lowest BCUT2D eigenvalue weighted by Crippen LogP contribution is -2.42. The molecule has 0 unspecified atom stereocenters.